The lowest BCUT2D eigenvalue weighted by atomic mass is 9.93. The summed E-state index contributed by atoms with van der Waals surface area (Å²) >= 11 is 0. The van der Waals surface area contributed by atoms with Gasteiger partial charge in [-0.25, -0.2) is 8.42 Å². The molecule has 2 rings (SSSR count). The van der Waals surface area contributed by atoms with E-state index in [1.54, 1.807) is 12.1 Å². The van der Waals surface area contributed by atoms with Gasteiger partial charge in [0.15, 0.2) is 0 Å². The molecule has 2 N–H and O–H groups in total. The first kappa shape index (κ1) is 16.2. The molecule has 1 aromatic rings. The predicted molar refractivity (Wildman–Crippen MR) is 78.2 cm³/mol. The average molecular weight is 318 g/mol. The maximum atomic E-state index is 12.8. The fourth-order valence-electron chi connectivity index (χ4n) is 2.75. The van der Waals surface area contributed by atoms with Crippen molar-refractivity contribution in [2.75, 3.05) is 24.5 Å². The van der Waals surface area contributed by atoms with Crippen LogP contribution in [0.1, 0.15) is 19.3 Å². The van der Waals surface area contributed by atoms with Gasteiger partial charge < -0.3 is 10.6 Å². The van der Waals surface area contributed by atoms with Crippen molar-refractivity contribution in [2.45, 2.75) is 29.9 Å². The van der Waals surface area contributed by atoms with E-state index in [0.29, 0.717) is 31.2 Å². The first-order chi connectivity index (χ1) is 9.96. The van der Waals surface area contributed by atoms with Crippen LogP contribution in [0.5, 0.6) is 0 Å². The Morgan fingerprint density at radius 3 is 2.43 bits per heavy atom. The third kappa shape index (κ3) is 3.52. The highest BCUT2D eigenvalue weighted by Crippen LogP contribution is 2.32. The van der Waals surface area contributed by atoms with E-state index >= 15 is 0 Å². The van der Waals surface area contributed by atoms with Gasteiger partial charge in [0.1, 0.15) is 0 Å². The van der Waals surface area contributed by atoms with Gasteiger partial charge in [0.2, 0.25) is 9.84 Å². The van der Waals surface area contributed by atoms with Gasteiger partial charge in [0.25, 0.3) is 0 Å². The zero-order valence-electron chi connectivity index (χ0n) is 11.7. The zero-order chi connectivity index (χ0) is 15.5. The Morgan fingerprint density at radius 1 is 1.24 bits per heavy atom. The fraction of sp³-hybridized carbons (Fsp3) is 0.571. The Kier molecular flexibility index (Phi) is 5.16. The molecule has 0 aromatic heterocycles. The third-order valence-corrected chi connectivity index (χ3v) is 5.36. The van der Waals surface area contributed by atoms with E-state index in [9.17, 15) is 17.2 Å². The van der Waals surface area contributed by atoms with Crippen molar-refractivity contribution in [2.24, 2.45) is 11.7 Å². The highest BCUT2D eigenvalue weighted by molar-refractivity contribution is 7.91. The molecule has 0 unspecified atom stereocenters. The number of sulfone groups is 1. The third-order valence-electron chi connectivity index (χ3n) is 3.94. The summed E-state index contributed by atoms with van der Waals surface area (Å²) in [6.07, 6.45) is 2.76. The van der Waals surface area contributed by atoms with Crippen LogP contribution in [0.25, 0.3) is 0 Å². The van der Waals surface area contributed by atoms with Crippen molar-refractivity contribution in [1.29, 1.82) is 0 Å². The number of rotatable bonds is 5. The highest BCUT2D eigenvalue weighted by Gasteiger charge is 2.31. The van der Waals surface area contributed by atoms with Gasteiger partial charge in [0.05, 0.1) is 10.6 Å². The van der Waals surface area contributed by atoms with Crippen LogP contribution < -0.4 is 10.6 Å². The van der Waals surface area contributed by atoms with E-state index in [0.717, 1.165) is 19.3 Å². The largest absolute Gasteiger partial charge is 0.370 e. The van der Waals surface area contributed by atoms with Gasteiger partial charge in [-0.15, -0.1) is 0 Å². The van der Waals surface area contributed by atoms with Crippen molar-refractivity contribution >= 4 is 15.5 Å². The Hall–Kier alpha value is -1.21. The van der Waals surface area contributed by atoms with Crippen LogP contribution in [0.2, 0.25) is 0 Å². The maximum absolute atomic E-state index is 12.8. The molecule has 1 heterocycles. The smallest absolute Gasteiger partial charge is 0.341 e. The Morgan fingerprint density at radius 2 is 1.86 bits per heavy atom. The van der Waals surface area contributed by atoms with Crippen LogP contribution in [0.3, 0.4) is 0 Å². The lowest BCUT2D eigenvalue weighted by Crippen LogP contribution is -2.35. The summed E-state index contributed by atoms with van der Waals surface area (Å²) in [5, 5.41) is 0. The van der Waals surface area contributed by atoms with Gasteiger partial charge in [0, 0.05) is 13.1 Å². The summed E-state index contributed by atoms with van der Waals surface area (Å²) in [5.41, 5.74) is 5.92. The second-order valence-corrected chi connectivity index (χ2v) is 7.17. The summed E-state index contributed by atoms with van der Waals surface area (Å²) in [5.74, 6) is -2.86. The topological polar surface area (TPSA) is 63.4 Å². The second kappa shape index (κ2) is 6.70. The molecule has 1 saturated heterocycles. The number of halogens is 2. The van der Waals surface area contributed by atoms with Crippen molar-refractivity contribution in [3.63, 3.8) is 0 Å². The van der Waals surface area contributed by atoms with E-state index in [2.05, 4.69) is 0 Å². The summed E-state index contributed by atoms with van der Waals surface area (Å²) in [4.78, 5) is 1.60. The Labute approximate surface area is 123 Å². The Balaban J connectivity index is 2.23. The molecule has 1 aliphatic rings. The number of benzene rings is 1. The standard InChI is InChI=1S/C14H20F2N2O2S/c15-14(16)21(19,20)13-4-2-1-3-12(13)18-9-6-11(5-8-17)7-10-18/h1-4,11,14H,5-10,17H2. The number of nitrogens with two attached hydrogens (primary N) is 1. The van der Waals surface area contributed by atoms with Crippen LogP contribution in [-0.4, -0.2) is 33.8 Å². The first-order valence-electron chi connectivity index (χ1n) is 7.03. The molecular weight excluding hydrogens is 298 g/mol. The number of anilines is 1. The maximum Gasteiger partial charge on any atom is 0.341 e. The number of para-hydroxylation sites is 1. The van der Waals surface area contributed by atoms with E-state index < -0.39 is 15.6 Å². The monoisotopic (exact) mass is 318 g/mol. The molecular formula is C14H20F2N2O2S. The van der Waals surface area contributed by atoms with Gasteiger partial charge in [-0.2, -0.15) is 8.78 Å². The first-order valence-corrected chi connectivity index (χ1v) is 8.57. The summed E-state index contributed by atoms with van der Waals surface area (Å²) < 4.78 is 49.1. The van der Waals surface area contributed by atoms with E-state index in [-0.39, 0.29) is 4.90 Å². The van der Waals surface area contributed by atoms with Crippen LogP contribution in [-0.2, 0) is 9.84 Å². The molecule has 4 nitrogen and oxygen atoms in total. The number of nitrogens with zero attached hydrogens (tertiary/aromatic N) is 1. The number of hydrogen-bond donors (Lipinski definition) is 1. The number of alkyl halides is 2. The minimum absolute atomic E-state index is 0.280. The normalized spacial score (nSPS) is 17.4. The minimum Gasteiger partial charge on any atom is -0.370 e. The fourth-order valence-corrected chi connectivity index (χ4v) is 3.70. The van der Waals surface area contributed by atoms with Gasteiger partial charge in [-0.1, -0.05) is 12.1 Å². The van der Waals surface area contributed by atoms with Crippen LogP contribution >= 0.6 is 0 Å². The molecule has 7 heteroatoms. The predicted octanol–water partition coefficient (Wildman–Crippen LogP) is 2.25. The van der Waals surface area contributed by atoms with E-state index in [1.807, 2.05) is 4.90 Å². The van der Waals surface area contributed by atoms with Crippen molar-refractivity contribution < 1.29 is 17.2 Å². The van der Waals surface area contributed by atoms with Gasteiger partial charge in [-0.3, -0.25) is 0 Å². The van der Waals surface area contributed by atoms with Gasteiger partial charge in [-0.05, 0) is 43.9 Å². The number of hydrogen-bond acceptors (Lipinski definition) is 4. The molecule has 0 bridgehead atoms. The second-order valence-electron chi connectivity index (χ2n) is 5.28. The summed E-state index contributed by atoms with van der Waals surface area (Å²) in [6.45, 7) is 1.97. The van der Waals surface area contributed by atoms with Crippen LogP contribution in [0.4, 0.5) is 14.5 Å². The van der Waals surface area contributed by atoms with Crippen molar-refractivity contribution in [1.82, 2.24) is 0 Å². The SMILES string of the molecule is NCCC1CCN(c2ccccc2S(=O)(=O)C(F)F)CC1. The van der Waals surface area contributed by atoms with Gasteiger partial charge >= 0.3 is 5.76 Å². The molecule has 1 aliphatic heterocycles. The van der Waals surface area contributed by atoms with Crippen molar-refractivity contribution in [3.05, 3.63) is 24.3 Å². The van der Waals surface area contributed by atoms with Crippen LogP contribution in [0.15, 0.2) is 29.2 Å². The summed E-state index contributed by atoms with van der Waals surface area (Å²) in [6, 6.07) is 5.99. The van der Waals surface area contributed by atoms with Crippen LogP contribution in [0, 0.1) is 5.92 Å². The highest BCUT2D eigenvalue weighted by atomic mass is 32.2. The number of piperidine rings is 1. The van der Waals surface area contributed by atoms with E-state index in [4.69, 9.17) is 5.73 Å². The quantitative estimate of drug-likeness (QED) is 0.904. The summed E-state index contributed by atoms with van der Waals surface area (Å²) in [7, 11) is -4.58. The molecule has 0 aliphatic carbocycles. The molecule has 21 heavy (non-hydrogen) atoms. The molecule has 118 valence electrons. The molecule has 0 saturated carbocycles. The van der Waals surface area contributed by atoms with Crippen molar-refractivity contribution in [3.8, 4) is 0 Å². The average Bonchev–Trinajstić information content (AvgIpc) is 2.48. The molecule has 0 radical (unpaired) electrons. The Bertz CT molecular complexity index is 570. The zero-order valence-corrected chi connectivity index (χ0v) is 12.5. The molecule has 0 atom stereocenters. The molecule has 1 fully saturated rings. The molecule has 1 aromatic carbocycles. The van der Waals surface area contributed by atoms with E-state index in [1.165, 1.54) is 12.1 Å². The molecule has 0 spiro atoms. The lowest BCUT2D eigenvalue weighted by Gasteiger charge is -2.34. The minimum atomic E-state index is -4.58. The lowest BCUT2D eigenvalue weighted by molar-refractivity contribution is 0.234. The molecule has 0 amide bonds.